The minimum Gasteiger partial charge on any atom is -0.756 e. The minimum atomic E-state index is -4.77. The first-order valence-electron chi connectivity index (χ1n) is 11.0. The minimum absolute atomic E-state index is 0.00503. The Hall–Kier alpha value is -0.230. The van der Waals surface area contributed by atoms with Gasteiger partial charge < -0.3 is 24.2 Å². The second kappa shape index (κ2) is 20.1. The van der Waals surface area contributed by atoms with E-state index < -0.39 is 20.5 Å². The molecule has 0 spiro atoms. The van der Waals surface area contributed by atoms with Gasteiger partial charge in [-0.3, -0.25) is 4.57 Å². The third-order valence-corrected chi connectivity index (χ3v) is 5.02. The molecule has 168 valence electrons. The molecule has 2 atom stereocenters. The van der Waals surface area contributed by atoms with Crippen molar-refractivity contribution in [2.45, 2.75) is 103 Å². The third kappa shape index (κ3) is 23.8. The number of phosphoric acid groups is 1. The van der Waals surface area contributed by atoms with Crippen molar-refractivity contribution in [1.82, 2.24) is 0 Å². The highest BCUT2D eigenvalue weighted by Gasteiger charge is 2.09. The summed E-state index contributed by atoms with van der Waals surface area (Å²) in [5.41, 5.74) is 0. The smallest absolute Gasteiger partial charge is 0.265 e. The highest BCUT2D eigenvalue weighted by Crippen LogP contribution is 2.30. The summed E-state index contributed by atoms with van der Waals surface area (Å²) in [4.78, 5) is 18.8. The summed E-state index contributed by atoms with van der Waals surface area (Å²) in [7, 11) is -4.77. The number of aliphatic hydroxyl groups excluding tert-OH is 1. The topological polar surface area (TPSA) is 99.0 Å². The lowest BCUT2D eigenvalue weighted by Gasteiger charge is -2.18. The first kappa shape index (κ1) is 27.8. The number of allylic oxidation sites excluding steroid dienone is 2. The summed E-state index contributed by atoms with van der Waals surface area (Å²) in [5.74, 6) is 0. The fourth-order valence-corrected chi connectivity index (χ4v) is 3.26. The maximum Gasteiger partial charge on any atom is 0.265 e. The molecule has 0 radical (unpaired) electrons. The summed E-state index contributed by atoms with van der Waals surface area (Å²) in [6, 6.07) is 0. The Morgan fingerprint density at radius 2 is 1.36 bits per heavy atom. The lowest BCUT2D eigenvalue weighted by molar-refractivity contribution is -0.222. The second-order valence-electron chi connectivity index (χ2n) is 7.43. The first-order chi connectivity index (χ1) is 13.5. The van der Waals surface area contributed by atoms with Crippen molar-refractivity contribution in [3.63, 3.8) is 0 Å². The highest BCUT2D eigenvalue weighted by atomic mass is 31.2. The molecule has 0 aliphatic rings. The van der Waals surface area contributed by atoms with E-state index in [1.165, 1.54) is 77.0 Å². The first-order valence-corrected chi connectivity index (χ1v) is 12.5. The normalized spacial score (nSPS) is 15.1. The summed E-state index contributed by atoms with van der Waals surface area (Å²) in [5, 5.41) is 9.42. The lowest BCUT2D eigenvalue weighted by atomic mass is 10.1. The van der Waals surface area contributed by atoms with Crippen LogP contribution in [0, 0.1) is 0 Å². The molecule has 0 saturated heterocycles. The van der Waals surface area contributed by atoms with E-state index in [1.807, 2.05) is 0 Å². The van der Waals surface area contributed by atoms with Gasteiger partial charge in [0.05, 0.1) is 13.2 Å². The van der Waals surface area contributed by atoms with Crippen LogP contribution < -0.4 is 4.89 Å². The average Bonchev–Trinajstić information content (AvgIpc) is 2.65. The predicted molar refractivity (Wildman–Crippen MR) is 112 cm³/mol. The van der Waals surface area contributed by atoms with E-state index in [4.69, 9.17) is 9.63 Å². The molecule has 0 rings (SSSR count). The summed E-state index contributed by atoms with van der Waals surface area (Å²) in [6.45, 7) is 2.31. The van der Waals surface area contributed by atoms with E-state index in [2.05, 4.69) is 23.6 Å². The number of hydrogen-bond acceptors (Lipinski definition) is 5. The molecule has 0 amide bonds. The van der Waals surface area contributed by atoms with Crippen molar-refractivity contribution >= 4 is 7.82 Å². The van der Waals surface area contributed by atoms with E-state index in [0.717, 1.165) is 12.8 Å². The maximum absolute atomic E-state index is 10.4. The Bertz CT molecular complexity index is 396. The largest absolute Gasteiger partial charge is 0.756 e. The zero-order valence-corrected chi connectivity index (χ0v) is 18.6. The molecule has 28 heavy (non-hydrogen) atoms. The molecule has 0 aromatic carbocycles. The lowest BCUT2D eigenvalue weighted by Crippen LogP contribution is -2.22. The van der Waals surface area contributed by atoms with Gasteiger partial charge in [0.15, 0.2) is 0 Å². The van der Waals surface area contributed by atoms with Gasteiger partial charge in [-0.05, 0) is 32.1 Å². The molecule has 0 saturated carbocycles. The van der Waals surface area contributed by atoms with Crippen molar-refractivity contribution in [2.24, 2.45) is 0 Å². The van der Waals surface area contributed by atoms with Crippen molar-refractivity contribution in [2.75, 3.05) is 19.8 Å². The molecule has 0 aromatic heterocycles. The number of unbranched alkanes of at least 4 members (excludes halogenated alkanes) is 12. The Morgan fingerprint density at radius 1 is 0.857 bits per heavy atom. The maximum atomic E-state index is 10.4. The van der Waals surface area contributed by atoms with Crippen molar-refractivity contribution in [1.29, 1.82) is 0 Å². The van der Waals surface area contributed by atoms with Crippen molar-refractivity contribution in [3.05, 3.63) is 12.2 Å². The van der Waals surface area contributed by atoms with Crippen LogP contribution in [-0.4, -0.2) is 35.9 Å². The average molecular weight is 422 g/mol. The summed E-state index contributed by atoms with van der Waals surface area (Å²) < 4.78 is 19.7. The fourth-order valence-electron chi connectivity index (χ4n) is 2.90. The van der Waals surface area contributed by atoms with Crippen LogP contribution >= 0.6 is 7.82 Å². The number of aliphatic hydroxyl groups is 1. The van der Waals surface area contributed by atoms with E-state index in [9.17, 15) is 14.6 Å². The Balaban J connectivity index is 3.21. The molecule has 6 nitrogen and oxygen atoms in total. The van der Waals surface area contributed by atoms with Crippen LogP contribution in [0.2, 0.25) is 0 Å². The van der Waals surface area contributed by atoms with Crippen LogP contribution in [0.5, 0.6) is 0 Å². The Kier molecular flexibility index (Phi) is 19.9. The van der Waals surface area contributed by atoms with Gasteiger partial charge in [-0.2, -0.15) is 0 Å². The van der Waals surface area contributed by atoms with Gasteiger partial charge in [-0.1, -0.05) is 76.9 Å². The van der Waals surface area contributed by atoms with E-state index in [0.29, 0.717) is 6.61 Å². The van der Waals surface area contributed by atoms with Crippen LogP contribution in [0.3, 0.4) is 0 Å². The van der Waals surface area contributed by atoms with Crippen LogP contribution in [0.25, 0.3) is 0 Å². The van der Waals surface area contributed by atoms with Gasteiger partial charge in [0.25, 0.3) is 7.82 Å². The van der Waals surface area contributed by atoms with Gasteiger partial charge in [-0.25, -0.2) is 0 Å². The molecular formula is C21H42O6P-. The number of hydrogen-bond donors (Lipinski definition) is 2. The van der Waals surface area contributed by atoms with Crippen molar-refractivity contribution < 1.29 is 28.7 Å². The predicted octanol–water partition coefficient (Wildman–Crippen LogP) is 4.88. The third-order valence-electron chi connectivity index (χ3n) is 4.54. The zero-order chi connectivity index (χ0) is 20.9. The molecule has 0 bridgehead atoms. The standard InChI is InChI=1S/C21H43O6P/c1-2-3-4-5-6-7-8-9-10-11-12-13-14-15-16-17-18-26-19-21(22)20-27-28(23,24)25/h9-10,21-22H,2-8,11-20H2,1H3,(H2,23,24,25)/p-1/b10-9-/t21-/m1/s1. The van der Waals surface area contributed by atoms with Gasteiger partial charge in [0.1, 0.15) is 6.10 Å². The molecule has 7 heteroatoms. The van der Waals surface area contributed by atoms with E-state index >= 15 is 0 Å². The molecule has 1 unspecified atom stereocenters. The molecule has 0 aliphatic heterocycles. The molecule has 0 aliphatic carbocycles. The summed E-state index contributed by atoms with van der Waals surface area (Å²) >= 11 is 0. The van der Waals surface area contributed by atoms with Crippen LogP contribution in [0.15, 0.2) is 12.2 Å². The molecule has 2 N–H and O–H groups in total. The molecule has 0 aromatic rings. The monoisotopic (exact) mass is 421 g/mol. The van der Waals surface area contributed by atoms with Gasteiger partial charge in [-0.15, -0.1) is 0 Å². The molecular weight excluding hydrogens is 379 g/mol. The SMILES string of the molecule is CCCCCCCC/C=C\CCCCCCCCOC[C@@H](O)COP(=O)([O-])O. The number of phosphoric ester groups is 1. The number of ether oxygens (including phenoxy) is 1. The number of rotatable bonds is 21. The van der Waals surface area contributed by atoms with E-state index in [-0.39, 0.29) is 6.61 Å². The van der Waals surface area contributed by atoms with Crippen LogP contribution in [-0.2, 0) is 13.8 Å². The van der Waals surface area contributed by atoms with Gasteiger partial charge in [0, 0.05) is 6.61 Å². The Morgan fingerprint density at radius 3 is 1.89 bits per heavy atom. The van der Waals surface area contributed by atoms with Crippen LogP contribution in [0.4, 0.5) is 0 Å². The Labute approximate surface area is 172 Å². The summed E-state index contributed by atoms with van der Waals surface area (Å²) in [6.07, 6.45) is 21.1. The highest BCUT2D eigenvalue weighted by molar-refractivity contribution is 7.44. The second-order valence-corrected chi connectivity index (χ2v) is 8.63. The van der Waals surface area contributed by atoms with Gasteiger partial charge in [0.2, 0.25) is 0 Å². The van der Waals surface area contributed by atoms with E-state index in [1.54, 1.807) is 0 Å². The van der Waals surface area contributed by atoms with Crippen molar-refractivity contribution in [3.8, 4) is 0 Å². The van der Waals surface area contributed by atoms with Gasteiger partial charge >= 0.3 is 0 Å². The molecule has 0 heterocycles. The molecule has 0 fully saturated rings. The van der Waals surface area contributed by atoms with Crippen LogP contribution in [0.1, 0.15) is 96.8 Å². The fraction of sp³-hybridized carbons (Fsp3) is 0.905. The quantitative estimate of drug-likeness (QED) is 0.156. The zero-order valence-electron chi connectivity index (χ0n) is 17.7.